The van der Waals surface area contributed by atoms with Crippen molar-refractivity contribution in [2.24, 2.45) is 11.7 Å². The highest BCUT2D eigenvalue weighted by molar-refractivity contribution is 5.19. The summed E-state index contributed by atoms with van der Waals surface area (Å²) in [6, 6.07) is 4.14. The highest BCUT2D eigenvalue weighted by Gasteiger charge is 2.26. The van der Waals surface area contributed by atoms with Crippen molar-refractivity contribution in [1.29, 1.82) is 0 Å². The van der Waals surface area contributed by atoms with Crippen molar-refractivity contribution in [1.82, 2.24) is 4.90 Å². The summed E-state index contributed by atoms with van der Waals surface area (Å²) >= 11 is 0. The zero-order chi connectivity index (χ0) is 12.4. The number of benzene rings is 1. The quantitative estimate of drug-likeness (QED) is 0.877. The van der Waals surface area contributed by atoms with Crippen LogP contribution in [0, 0.1) is 17.6 Å². The Bertz CT molecular complexity index is 373. The number of hydrogen-bond acceptors (Lipinski definition) is 2. The first-order valence-electron chi connectivity index (χ1n) is 5.98. The fourth-order valence-electron chi connectivity index (χ4n) is 2.34. The largest absolute Gasteiger partial charge is 0.328 e. The number of rotatable bonds is 3. The fourth-order valence-corrected chi connectivity index (χ4v) is 2.34. The van der Waals surface area contributed by atoms with Crippen LogP contribution in [-0.2, 0) is 6.54 Å². The molecule has 0 aliphatic carbocycles. The van der Waals surface area contributed by atoms with E-state index in [-0.39, 0.29) is 11.6 Å². The van der Waals surface area contributed by atoms with Gasteiger partial charge in [-0.3, -0.25) is 4.90 Å². The lowest BCUT2D eigenvalue weighted by molar-refractivity contribution is 0.298. The molecule has 2 unspecified atom stereocenters. The molecule has 1 aliphatic rings. The van der Waals surface area contributed by atoms with Gasteiger partial charge >= 0.3 is 0 Å². The highest BCUT2D eigenvalue weighted by Crippen LogP contribution is 2.22. The molecule has 2 rings (SSSR count). The zero-order valence-electron chi connectivity index (χ0n) is 10.00. The van der Waals surface area contributed by atoms with Gasteiger partial charge in [-0.2, -0.15) is 0 Å². The van der Waals surface area contributed by atoms with Crippen LogP contribution in [0.25, 0.3) is 0 Å². The van der Waals surface area contributed by atoms with E-state index < -0.39 is 11.6 Å². The molecule has 17 heavy (non-hydrogen) atoms. The van der Waals surface area contributed by atoms with Crippen LogP contribution in [0.2, 0.25) is 0 Å². The molecular weight excluding hydrogens is 222 g/mol. The van der Waals surface area contributed by atoms with Crippen LogP contribution in [0.3, 0.4) is 0 Å². The maximum atomic E-state index is 13.5. The van der Waals surface area contributed by atoms with E-state index in [0.29, 0.717) is 12.5 Å². The molecule has 0 aromatic heterocycles. The predicted octanol–water partition coefficient (Wildman–Crippen LogP) is 2.13. The van der Waals surface area contributed by atoms with E-state index in [1.807, 2.05) is 6.92 Å². The van der Waals surface area contributed by atoms with Gasteiger partial charge in [0.2, 0.25) is 0 Å². The number of halogens is 2. The summed E-state index contributed by atoms with van der Waals surface area (Å²) in [6.45, 7) is 4.00. The minimum absolute atomic E-state index is 0.144. The maximum absolute atomic E-state index is 13.5. The van der Waals surface area contributed by atoms with Crippen molar-refractivity contribution < 1.29 is 8.78 Å². The van der Waals surface area contributed by atoms with Crippen molar-refractivity contribution in [3.63, 3.8) is 0 Å². The molecule has 1 saturated heterocycles. The summed E-state index contributed by atoms with van der Waals surface area (Å²) in [6.07, 6.45) is 1.01. The molecule has 0 spiro atoms. The average molecular weight is 240 g/mol. The van der Waals surface area contributed by atoms with E-state index >= 15 is 0 Å². The van der Waals surface area contributed by atoms with Gasteiger partial charge in [-0.1, -0.05) is 6.07 Å². The second kappa shape index (κ2) is 5.10. The normalized spacial score (nSPS) is 22.9. The van der Waals surface area contributed by atoms with Gasteiger partial charge in [0.25, 0.3) is 0 Å². The van der Waals surface area contributed by atoms with Gasteiger partial charge in [-0.15, -0.1) is 0 Å². The van der Waals surface area contributed by atoms with Crippen LogP contribution >= 0.6 is 0 Å². The zero-order valence-corrected chi connectivity index (χ0v) is 10.00. The van der Waals surface area contributed by atoms with Crippen LogP contribution in [0.1, 0.15) is 18.9 Å². The number of nitrogens with two attached hydrogens (primary N) is 1. The predicted molar refractivity (Wildman–Crippen MR) is 63.4 cm³/mol. The van der Waals surface area contributed by atoms with Crippen LogP contribution in [-0.4, -0.2) is 24.0 Å². The lowest BCUT2D eigenvalue weighted by atomic mass is 10.0. The SMILES string of the molecule is CC(N)C1CCN(Cc2c(F)cccc2F)C1. The second-order valence-corrected chi connectivity index (χ2v) is 4.84. The summed E-state index contributed by atoms with van der Waals surface area (Å²) in [7, 11) is 0. The molecule has 94 valence electrons. The molecule has 2 nitrogen and oxygen atoms in total. The summed E-state index contributed by atoms with van der Waals surface area (Å²) in [5.74, 6) is -0.492. The molecule has 4 heteroatoms. The van der Waals surface area contributed by atoms with Crippen LogP contribution in [0.15, 0.2) is 18.2 Å². The third-order valence-electron chi connectivity index (χ3n) is 3.50. The van der Waals surface area contributed by atoms with Crippen LogP contribution in [0.5, 0.6) is 0 Å². The maximum Gasteiger partial charge on any atom is 0.130 e. The first kappa shape index (κ1) is 12.5. The Hall–Kier alpha value is -1.00. The Balaban J connectivity index is 2.03. The van der Waals surface area contributed by atoms with Crippen molar-refractivity contribution in [3.8, 4) is 0 Å². The van der Waals surface area contributed by atoms with Gasteiger partial charge in [0.1, 0.15) is 11.6 Å². The third-order valence-corrected chi connectivity index (χ3v) is 3.50. The van der Waals surface area contributed by atoms with Gasteiger partial charge < -0.3 is 5.73 Å². The number of nitrogens with zero attached hydrogens (tertiary/aromatic N) is 1. The molecule has 1 aromatic carbocycles. The molecule has 0 saturated carbocycles. The van der Waals surface area contributed by atoms with Crippen LogP contribution in [0.4, 0.5) is 8.78 Å². The van der Waals surface area contributed by atoms with Gasteiger partial charge in [-0.25, -0.2) is 8.78 Å². The lowest BCUT2D eigenvalue weighted by Gasteiger charge is -2.18. The smallest absolute Gasteiger partial charge is 0.130 e. The Morgan fingerprint density at radius 2 is 2.06 bits per heavy atom. The Morgan fingerprint density at radius 3 is 2.59 bits per heavy atom. The minimum Gasteiger partial charge on any atom is -0.328 e. The van der Waals surface area contributed by atoms with Crippen molar-refractivity contribution >= 4 is 0 Å². The lowest BCUT2D eigenvalue weighted by Crippen LogP contribution is -2.29. The third kappa shape index (κ3) is 2.82. The number of hydrogen-bond donors (Lipinski definition) is 1. The Labute approximate surface area is 100 Å². The summed E-state index contributed by atoms with van der Waals surface area (Å²) in [5, 5.41) is 0. The van der Waals surface area contributed by atoms with E-state index in [9.17, 15) is 8.78 Å². The highest BCUT2D eigenvalue weighted by atomic mass is 19.1. The summed E-state index contributed by atoms with van der Waals surface area (Å²) < 4.78 is 26.9. The molecule has 1 fully saturated rings. The van der Waals surface area contributed by atoms with Gasteiger partial charge in [-0.05, 0) is 37.9 Å². The van der Waals surface area contributed by atoms with Crippen LogP contribution < -0.4 is 5.73 Å². The molecule has 1 aliphatic heterocycles. The molecule has 0 amide bonds. The topological polar surface area (TPSA) is 29.3 Å². The van der Waals surface area contributed by atoms with E-state index in [2.05, 4.69) is 4.90 Å². The van der Waals surface area contributed by atoms with Crippen molar-refractivity contribution in [3.05, 3.63) is 35.4 Å². The first-order chi connectivity index (χ1) is 8.08. The first-order valence-corrected chi connectivity index (χ1v) is 5.98. The summed E-state index contributed by atoms with van der Waals surface area (Å²) in [5.41, 5.74) is 6.00. The molecule has 2 N–H and O–H groups in total. The average Bonchev–Trinajstić information content (AvgIpc) is 2.72. The number of likely N-dealkylation sites (tertiary alicyclic amines) is 1. The standard InChI is InChI=1S/C13H18F2N2/c1-9(16)10-5-6-17(7-10)8-11-12(14)3-2-4-13(11)15/h2-4,9-10H,5-8,16H2,1H3. The van der Waals surface area contributed by atoms with E-state index in [0.717, 1.165) is 19.5 Å². The molecule has 0 radical (unpaired) electrons. The molecule has 1 aromatic rings. The monoisotopic (exact) mass is 240 g/mol. The Kier molecular flexibility index (Phi) is 3.74. The summed E-state index contributed by atoms with van der Waals surface area (Å²) in [4.78, 5) is 2.06. The van der Waals surface area contributed by atoms with Gasteiger partial charge in [0, 0.05) is 24.7 Å². The fraction of sp³-hybridized carbons (Fsp3) is 0.538. The van der Waals surface area contributed by atoms with E-state index in [1.165, 1.54) is 18.2 Å². The van der Waals surface area contributed by atoms with E-state index in [1.54, 1.807) is 0 Å². The van der Waals surface area contributed by atoms with E-state index in [4.69, 9.17) is 5.73 Å². The van der Waals surface area contributed by atoms with Gasteiger partial charge in [0.05, 0.1) is 0 Å². The Morgan fingerprint density at radius 1 is 1.41 bits per heavy atom. The molecule has 2 atom stereocenters. The molecular formula is C13H18F2N2. The molecule has 0 bridgehead atoms. The minimum atomic E-state index is -0.464. The van der Waals surface area contributed by atoms with Crippen molar-refractivity contribution in [2.75, 3.05) is 13.1 Å². The second-order valence-electron chi connectivity index (χ2n) is 4.84. The molecule has 1 heterocycles. The van der Waals surface area contributed by atoms with Crippen molar-refractivity contribution in [2.45, 2.75) is 25.9 Å². The van der Waals surface area contributed by atoms with Gasteiger partial charge in [0.15, 0.2) is 0 Å².